The highest BCUT2D eigenvalue weighted by molar-refractivity contribution is 5.94. The molecule has 2 fully saturated rings. The normalized spacial score (nSPS) is 23.4. The second-order valence-corrected chi connectivity index (χ2v) is 12.7. The maximum absolute atomic E-state index is 13.7. The van der Waals surface area contributed by atoms with Gasteiger partial charge in [-0.3, -0.25) is 9.59 Å². The van der Waals surface area contributed by atoms with E-state index in [0.29, 0.717) is 49.5 Å². The monoisotopic (exact) mass is 521 g/mol. The summed E-state index contributed by atoms with van der Waals surface area (Å²) in [5, 5.41) is 14.7. The van der Waals surface area contributed by atoms with Crippen molar-refractivity contribution in [3.05, 3.63) is 53.6 Å². The fourth-order valence-corrected chi connectivity index (χ4v) is 5.69. The molecule has 0 radical (unpaired) electrons. The summed E-state index contributed by atoms with van der Waals surface area (Å²) in [5.74, 6) is -0.622. The van der Waals surface area contributed by atoms with Gasteiger partial charge in [0.1, 0.15) is 11.5 Å². The van der Waals surface area contributed by atoms with E-state index in [0.717, 1.165) is 11.1 Å². The van der Waals surface area contributed by atoms with Crippen LogP contribution in [0.1, 0.15) is 70.4 Å². The Morgan fingerprint density at radius 3 is 2.32 bits per heavy atom. The van der Waals surface area contributed by atoms with Crippen LogP contribution in [0.3, 0.4) is 0 Å². The first-order valence-corrected chi connectivity index (χ1v) is 13.1. The van der Waals surface area contributed by atoms with E-state index in [1.54, 1.807) is 34.7 Å². The summed E-state index contributed by atoms with van der Waals surface area (Å²) in [6, 6.07) is 8.14. The molecule has 38 heavy (non-hydrogen) atoms. The third-order valence-corrected chi connectivity index (χ3v) is 7.77. The molecule has 3 heterocycles. The lowest BCUT2D eigenvalue weighted by atomic mass is 9.71. The van der Waals surface area contributed by atoms with Crippen LogP contribution in [0.4, 0.5) is 4.39 Å². The predicted molar refractivity (Wildman–Crippen MR) is 142 cm³/mol. The van der Waals surface area contributed by atoms with Crippen LogP contribution in [-0.4, -0.2) is 72.1 Å². The highest BCUT2D eigenvalue weighted by atomic mass is 19.1. The molecule has 0 unspecified atom stereocenters. The first-order valence-electron chi connectivity index (χ1n) is 13.1. The molecule has 1 aliphatic heterocycles. The number of amides is 2. The SMILES string of the molecule is CC(C)(C)c1cc(-c2ccc(F)cc2)nn2cc(C(=O)N3CCN(C(=O)[C@H]4C[C@@](C)(O)C4)CC3(C)C)nc12. The molecule has 202 valence electrons. The van der Waals surface area contributed by atoms with Crippen LogP contribution in [0.2, 0.25) is 0 Å². The Labute approximate surface area is 222 Å². The van der Waals surface area contributed by atoms with E-state index in [1.807, 2.05) is 24.8 Å². The van der Waals surface area contributed by atoms with Gasteiger partial charge in [-0.1, -0.05) is 20.8 Å². The Bertz CT molecular complexity index is 1400. The number of nitrogens with zero attached hydrogens (tertiary/aromatic N) is 5. The Morgan fingerprint density at radius 1 is 1.08 bits per heavy atom. The molecule has 2 aromatic heterocycles. The van der Waals surface area contributed by atoms with Crippen LogP contribution in [0.15, 0.2) is 36.5 Å². The number of fused-ring (bicyclic) bond motifs is 1. The van der Waals surface area contributed by atoms with Gasteiger partial charge in [0.05, 0.1) is 23.0 Å². The van der Waals surface area contributed by atoms with Gasteiger partial charge in [-0.05, 0) is 69.4 Å². The highest BCUT2D eigenvalue weighted by Crippen LogP contribution is 2.39. The van der Waals surface area contributed by atoms with Crippen LogP contribution >= 0.6 is 0 Å². The van der Waals surface area contributed by atoms with Gasteiger partial charge in [0.25, 0.3) is 5.91 Å². The van der Waals surface area contributed by atoms with Crippen LogP contribution in [0, 0.1) is 11.7 Å². The molecule has 1 saturated heterocycles. The molecule has 1 N–H and O–H groups in total. The van der Waals surface area contributed by atoms with E-state index in [-0.39, 0.29) is 29.0 Å². The summed E-state index contributed by atoms with van der Waals surface area (Å²) in [5.41, 5.74) is 1.65. The Morgan fingerprint density at radius 2 is 1.74 bits per heavy atom. The number of piperazine rings is 1. The average molecular weight is 522 g/mol. The van der Waals surface area contributed by atoms with Crippen molar-refractivity contribution in [1.82, 2.24) is 24.4 Å². The highest BCUT2D eigenvalue weighted by Gasteiger charge is 2.47. The lowest BCUT2D eigenvalue weighted by molar-refractivity contribution is -0.153. The largest absolute Gasteiger partial charge is 0.390 e. The van der Waals surface area contributed by atoms with E-state index in [9.17, 15) is 19.1 Å². The number of aromatic nitrogens is 3. The lowest BCUT2D eigenvalue weighted by Crippen LogP contribution is -2.63. The summed E-state index contributed by atoms with van der Waals surface area (Å²) in [7, 11) is 0. The van der Waals surface area contributed by atoms with Gasteiger partial charge >= 0.3 is 0 Å². The van der Waals surface area contributed by atoms with E-state index in [1.165, 1.54) is 12.1 Å². The van der Waals surface area contributed by atoms with Gasteiger partial charge in [0.15, 0.2) is 5.65 Å². The zero-order valence-corrected chi connectivity index (χ0v) is 23.0. The van der Waals surface area contributed by atoms with Crippen LogP contribution in [0.25, 0.3) is 16.9 Å². The first kappa shape index (κ1) is 26.3. The van der Waals surface area contributed by atoms with Crippen molar-refractivity contribution in [2.75, 3.05) is 19.6 Å². The predicted octanol–water partition coefficient (Wildman–Crippen LogP) is 4.06. The number of carbonyl (C=O) groups is 2. The summed E-state index contributed by atoms with van der Waals surface area (Å²) >= 11 is 0. The fraction of sp³-hybridized carbons (Fsp3) is 0.517. The quantitative estimate of drug-likeness (QED) is 0.562. The number of rotatable bonds is 3. The molecule has 3 aromatic rings. The number of imidazole rings is 1. The zero-order chi connectivity index (χ0) is 27.6. The second-order valence-electron chi connectivity index (χ2n) is 12.7. The Kier molecular flexibility index (Phi) is 6.13. The van der Waals surface area contributed by atoms with E-state index in [4.69, 9.17) is 10.1 Å². The molecule has 9 heteroatoms. The van der Waals surface area contributed by atoms with E-state index in [2.05, 4.69) is 20.8 Å². The summed E-state index contributed by atoms with van der Waals surface area (Å²) in [6.07, 6.45) is 2.62. The molecule has 2 amide bonds. The average Bonchev–Trinajstić information content (AvgIpc) is 3.24. The molecule has 1 aromatic carbocycles. The molecule has 2 aliphatic rings. The number of hydrogen-bond acceptors (Lipinski definition) is 5. The minimum atomic E-state index is -0.757. The maximum atomic E-state index is 13.7. The smallest absolute Gasteiger partial charge is 0.274 e. The van der Waals surface area contributed by atoms with Crippen molar-refractivity contribution in [2.24, 2.45) is 5.92 Å². The Balaban J connectivity index is 1.42. The van der Waals surface area contributed by atoms with Crippen molar-refractivity contribution in [2.45, 2.75) is 70.9 Å². The minimum absolute atomic E-state index is 0.0526. The van der Waals surface area contributed by atoms with E-state index < -0.39 is 11.1 Å². The first-order chi connectivity index (χ1) is 17.6. The number of aliphatic hydroxyl groups is 1. The summed E-state index contributed by atoms with van der Waals surface area (Å²) in [6.45, 7) is 13.2. The maximum Gasteiger partial charge on any atom is 0.274 e. The van der Waals surface area contributed by atoms with E-state index >= 15 is 0 Å². The third-order valence-electron chi connectivity index (χ3n) is 7.77. The van der Waals surface area contributed by atoms with Crippen molar-refractivity contribution >= 4 is 17.5 Å². The van der Waals surface area contributed by atoms with Gasteiger partial charge in [-0.2, -0.15) is 5.10 Å². The van der Waals surface area contributed by atoms with Crippen LogP contribution in [-0.2, 0) is 10.2 Å². The lowest BCUT2D eigenvalue weighted by Gasteiger charge is -2.49. The number of hydrogen-bond donors (Lipinski definition) is 1. The van der Waals surface area contributed by atoms with Crippen molar-refractivity contribution in [3.8, 4) is 11.3 Å². The molecule has 0 atom stereocenters. The third kappa shape index (κ3) is 4.79. The van der Waals surface area contributed by atoms with Crippen molar-refractivity contribution in [1.29, 1.82) is 0 Å². The number of halogens is 1. The number of carbonyl (C=O) groups excluding carboxylic acids is 2. The minimum Gasteiger partial charge on any atom is -0.390 e. The molecule has 1 saturated carbocycles. The van der Waals surface area contributed by atoms with Crippen LogP contribution < -0.4 is 0 Å². The van der Waals surface area contributed by atoms with Crippen LogP contribution in [0.5, 0.6) is 0 Å². The second kappa shape index (κ2) is 8.86. The molecule has 8 nitrogen and oxygen atoms in total. The number of benzene rings is 1. The standard InChI is InChI=1S/C29H36FN5O3/c1-27(2,3)21-13-22(18-7-9-20(30)10-8-18)32-35-16-23(31-24(21)35)26(37)34-12-11-33(17-28(34,4)5)25(36)19-14-29(6,38)15-19/h7-10,13,16,19,38H,11-12,14-15,17H2,1-6H3/t19-,29+. The van der Waals surface area contributed by atoms with Gasteiger partial charge in [0.2, 0.25) is 5.91 Å². The molecular weight excluding hydrogens is 485 g/mol. The van der Waals surface area contributed by atoms with Gasteiger partial charge in [-0.15, -0.1) is 0 Å². The molecule has 1 aliphatic carbocycles. The van der Waals surface area contributed by atoms with Crippen molar-refractivity contribution in [3.63, 3.8) is 0 Å². The summed E-state index contributed by atoms with van der Waals surface area (Å²) < 4.78 is 15.1. The molecular formula is C29H36FN5O3. The molecule has 0 spiro atoms. The van der Waals surface area contributed by atoms with Gasteiger partial charge in [0, 0.05) is 36.7 Å². The topological polar surface area (TPSA) is 91.0 Å². The fourth-order valence-electron chi connectivity index (χ4n) is 5.69. The molecule has 5 rings (SSSR count). The molecule has 0 bridgehead atoms. The summed E-state index contributed by atoms with van der Waals surface area (Å²) in [4.78, 5) is 35.1. The zero-order valence-electron chi connectivity index (χ0n) is 23.0. The van der Waals surface area contributed by atoms with Gasteiger partial charge < -0.3 is 14.9 Å². The van der Waals surface area contributed by atoms with Crippen molar-refractivity contribution < 1.29 is 19.1 Å². The van der Waals surface area contributed by atoms with Gasteiger partial charge in [-0.25, -0.2) is 13.9 Å². The Hall–Kier alpha value is -3.33.